The van der Waals surface area contributed by atoms with Gasteiger partial charge in [-0.05, 0) is 42.9 Å². The Labute approximate surface area is 108 Å². The molecule has 0 unspecified atom stereocenters. The number of benzene rings is 1. The summed E-state index contributed by atoms with van der Waals surface area (Å²) in [4.78, 5) is 1.75. The van der Waals surface area contributed by atoms with Gasteiger partial charge in [-0.25, -0.2) is 0 Å². The van der Waals surface area contributed by atoms with E-state index in [-0.39, 0.29) is 0 Å². The highest BCUT2D eigenvalue weighted by Crippen LogP contribution is 2.18. The Morgan fingerprint density at radius 2 is 1.76 bits per heavy atom. The van der Waals surface area contributed by atoms with E-state index in [1.165, 1.54) is 0 Å². The molecule has 1 aromatic rings. The Balaban J connectivity index is 2.47. The summed E-state index contributed by atoms with van der Waals surface area (Å²) in [5, 5.41) is 0.449. The van der Waals surface area contributed by atoms with Gasteiger partial charge in [0.05, 0.1) is 6.61 Å². The molecule has 0 N–H and O–H groups in total. The molecule has 0 spiro atoms. The van der Waals surface area contributed by atoms with Crippen LogP contribution < -0.4 is 9.47 Å². The van der Waals surface area contributed by atoms with Crippen molar-refractivity contribution in [1.82, 2.24) is 4.90 Å². The van der Waals surface area contributed by atoms with Gasteiger partial charge in [0.25, 0.3) is 5.17 Å². The third-order valence-corrected chi connectivity index (χ3v) is 2.61. The topological polar surface area (TPSA) is 21.7 Å². The van der Waals surface area contributed by atoms with Gasteiger partial charge in [-0.3, -0.25) is 0 Å². The lowest BCUT2D eigenvalue weighted by Gasteiger charge is -2.14. The van der Waals surface area contributed by atoms with Gasteiger partial charge >= 0.3 is 0 Å². The molecule has 0 saturated heterocycles. The molecule has 0 saturated carbocycles. The first-order chi connectivity index (χ1) is 8.13. The van der Waals surface area contributed by atoms with Crippen molar-refractivity contribution >= 4 is 17.4 Å². The first kappa shape index (κ1) is 13.8. The number of rotatable bonds is 5. The Morgan fingerprint density at radius 3 is 2.29 bits per heavy atom. The normalized spacial score (nSPS) is 9.82. The van der Waals surface area contributed by atoms with Gasteiger partial charge in [0.15, 0.2) is 0 Å². The summed E-state index contributed by atoms with van der Waals surface area (Å²) in [6.07, 6.45) is 2.21. The molecule has 3 nitrogen and oxygen atoms in total. The maximum absolute atomic E-state index is 5.56. The van der Waals surface area contributed by atoms with Crippen LogP contribution in [0.25, 0.3) is 0 Å². The predicted octanol–water partition coefficient (Wildman–Crippen LogP) is 3.09. The second-order valence-electron chi connectivity index (χ2n) is 3.94. The first-order valence-corrected chi connectivity index (χ1v) is 6.16. The van der Waals surface area contributed by atoms with Gasteiger partial charge in [-0.2, -0.15) is 0 Å². The van der Waals surface area contributed by atoms with Crippen molar-refractivity contribution in [2.75, 3.05) is 20.7 Å². The largest absolute Gasteiger partial charge is 0.494 e. The summed E-state index contributed by atoms with van der Waals surface area (Å²) >= 11 is 5.05. The summed E-state index contributed by atoms with van der Waals surface area (Å²) in [6.45, 7) is 2.90. The average molecular weight is 253 g/mol. The van der Waals surface area contributed by atoms with Gasteiger partial charge in [0.1, 0.15) is 11.5 Å². The van der Waals surface area contributed by atoms with Crippen LogP contribution in [0.2, 0.25) is 0 Å². The van der Waals surface area contributed by atoms with Crippen LogP contribution in [-0.2, 0) is 0 Å². The molecule has 4 heteroatoms. The van der Waals surface area contributed by atoms with Crippen molar-refractivity contribution in [1.29, 1.82) is 0 Å². The zero-order valence-corrected chi connectivity index (χ0v) is 11.4. The van der Waals surface area contributed by atoms with E-state index >= 15 is 0 Å². The fourth-order valence-corrected chi connectivity index (χ4v) is 1.23. The van der Waals surface area contributed by atoms with Crippen molar-refractivity contribution in [2.24, 2.45) is 0 Å². The second kappa shape index (κ2) is 7.12. The molecule has 0 bridgehead atoms. The molecule has 0 amide bonds. The van der Waals surface area contributed by atoms with E-state index in [1.54, 1.807) is 4.90 Å². The molecule has 0 radical (unpaired) electrons. The van der Waals surface area contributed by atoms with Gasteiger partial charge in [-0.1, -0.05) is 13.3 Å². The summed E-state index contributed by atoms with van der Waals surface area (Å²) in [7, 11) is 3.70. The van der Waals surface area contributed by atoms with E-state index in [4.69, 9.17) is 21.7 Å². The molecular weight excluding hydrogens is 234 g/mol. The van der Waals surface area contributed by atoms with E-state index in [2.05, 4.69) is 6.92 Å². The first-order valence-electron chi connectivity index (χ1n) is 5.75. The number of hydrogen-bond donors (Lipinski definition) is 0. The summed E-state index contributed by atoms with van der Waals surface area (Å²) in [6, 6.07) is 7.50. The summed E-state index contributed by atoms with van der Waals surface area (Å²) < 4.78 is 11.0. The van der Waals surface area contributed by atoms with E-state index in [9.17, 15) is 0 Å². The molecule has 0 atom stereocenters. The van der Waals surface area contributed by atoms with E-state index < -0.39 is 0 Å². The van der Waals surface area contributed by atoms with Crippen LogP contribution in [-0.4, -0.2) is 30.8 Å². The Morgan fingerprint density at radius 1 is 1.18 bits per heavy atom. The number of thiocarbonyl (C=S) groups is 1. The Bertz CT molecular complexity index is 349. The Kier molecular flexibility index (Phi) is 5.77. The minimum atomic E-state index is 0.449. The highest BCUT2D eigenvalue weighted by molar-refractivity contribution is 7.80. The number of ether oxygens (including phenoxy) is 2. The van der Waals surface area contributed by atoms with Gasteiger partial charge in [-0.15, -0.1) is 0 Å². The number of unbranched alkanes of at least 4 members (excludes halogenated alkanes) is 1. The highest BCUT2D eigenvalue weighted by atomic mass is 32.1. The van der Waals surface area contributed by atoms with Crippen LogP contribution >= 0.6 is 12.2 Å². The van der Waals surface area contributed by atoms with Crippen LogP contribution in [0.1, 0.15) is 19.8 Å². The molecule has 0 aliphatic rings. The zero-order chi connectivity index (χ0) is 12.7. The molecule has 0 aliphatic heterocycles. The van der Waals surface area contributed by atoms with Crippen LogP contribution in [0.15, 0.2) is 24.3 Å². The minimum Gasteiger partial charge on any atom is -0.494 e. The maximum atomic E-state index is 5.56. The van der Waals surface area contributed by atoms with E-state index in [1.807, 2.05) is 38.4 Å². The molecule has 0 aromatic heterocycles. The third-order valence-electron chi connectivity index (χ3n) is 2.16. The lowest BCUT2D eigenvalue weighted by atomic mass is 10.3. The monoisotopic (exact) mass is 253 g/mol. The lowest BCUT2D eigenvalue weighted by molar-refractivity contribution is 0.309. The van der Waals surface area contributed by atoms with Crippen molar-refractivity contribution in [3.63, 3.8) is 0 Å². The quantitative estimate of drug-likeness (QED) is 0.594. The van der Waals surface area contributed by atoms with Crippen molar-refractivity contribution < 1.29 is 9.47 Å². The molecular formula is C13H19NO2S. The summed E-state index contributed by atoms with van der Waals surface area (Å²) in [5.74, 6) is 1.59. The van der Waals surface area contributed by atoms with Crippen LogP contribution in [0.4, 0.5) is 0 Å². The molecule has 0 heterocycles. The van der Waals surface area contributed by atoms with Gasteiger partial charge in [0, 0.05) is 14.1 Å². The molecule has 0 aliphatic carbocycles. The minimum absolute atomic E-state index is 0.449. The molecule has 1 aromatic carbocycles. The lowest BCUT2D eigenvalue weighted by Crippen LogP contribution is -2.24. The van der Waals surface area contributed by atoms with Crippen molar-refractivity contribution in [3.05, 3.63) is 24.3 Å². The standard InChI is InChI=1S/C13H19NO2S/c1-4-5-10-15-11-6-8-12(9-7-11)16-13(17)14(2)3/h6-9H,4-5,10H2,1-3H3. The SMILES string of the molecule is CCCCOc1ccc(OC(=S)N(C)C)cc1. The zero-order valence-electron chi connectivity index (χ0n) is 10.6. The smallest absolute Gasteiger partial charge is 0.264 e. The van der Waals surface area contributed by atoms with Crippen molar-refractivity contribution in [2.45, 2.75) is 19.8 Å². The average Bonchev–Trinajstić information content (AvgIpc) is 2.31. The maximum Gasteiger partial charge on any atom is 0.264 e. The van der Waals surface area contributed by atoms with Gasteiger partial charge < -0.3 is 14.4 Å². The number of hydrogen-bond acceptors (Lipinski definition) is 3. The summed E-state index contributed by atoms with van der Waals surface area (Å²) in [5.41, 5.74) is 0. The van der Waals surface area contributed by atoms with E-state index in [0.717, 1.165) is 30.9 Å². The van der Waals surface area contributed by atoms with E-state index in [0.29, 0.717) is 5.17 Å². The van der Waals surface area contributed by atoms with Crippen LogP contribution in [0.5, 0.6) is 11.5 Å². The van der Waals surface area contributed by atoms with Crippen LogP contribution in [0.3, 0.4) is 0 Å². The molecule has 1 rings (SSSR count). The van der Waals surface area contributed by atoms with Crippen molar-refractivity contribution in [3.8, 4) is 11.5 Å². The second-order valence-corrected chi connectivity index (χ2v) is 4.29. The predicted molar refractivity (Wildman–Crippen MR) is 73.8 cm³/mol. The van der Waals surface area contributed by atoms with Gasteiger partial charge in [0.2, 0.25) is 0 Å². The molecule has 0 fully saturated rings. The molecule has 94 valence electrons. The van der Waals surface area contributed by atoms with Crippen LogP contribution in [0, 0.1) is 0 Å². The number of nitrogens with zero attached hydrogens (tertiary/aromatic N) is 1. The Hall–Kier alpha value is -1.29. The fourth-order valence-electron chi connectivity index (χ4n) is 1.13. The fraction of sp³-hybridized carbons (Fsp3) is 0.462. The third kappa shape index (κ3) is 5.04. The highest BCUT2D eigenvalue weighted by Gasteiger charge is 2.02. The molecule has 17 heavy (non-hydrogen) atoms.